The van der Waals surface area contributed by atoms with Gasteiger partial charge in [-0.05, 0) is 43.0 Å². The first-order valence-corrected chi connectivity index (χ1v) is 9.02. The summed E-state index contributed by atoms with van der Waals surface area (Å²) in [4.78, 5) is 14.1. The number of nitrogens with zero attached hydrogens (tertiary/aromatic N) is 2. The van der Waals surface area contributed by atoms with Crippen LogP contribution in [0.3, 0.4) is 0 Å². The number of hydrogen-bond acceptors (Lipinski definition) is 4. The highest BCUT2D eigenvalue weighted by Gasteiger charge is 2.24. The molecule has 1 amide bonds. The summed E-state index contributed by atoms with van der Waals surface area (Å²) in [5, 5.41) is 8.92. The lowest BCUT2D eigenvalue weighted by atomic mass is 10.0. The zero-order chi connectivity index (χ0) is 20.1. The number of carbonyl (C=O) groups excluding carboxylic acids is 1. The molecule has 0 saturated carbocycles. The number of nitriles is 1. The highest BCUT2D eigenvalue weighted by atomic mass is 19.2. The summed E-state index contributed by atoms with van der Waals surface area (Å²) in [6, 6.07) is 9.15. The van der Waals surface area contributed by atoms with Crippen LogP contribution in [0.5, 0.6) is 11.5 Å². The van der Waals surface area contributed by atoms with Crippen LogP contribution in [0.25, 0.3) is 0 Å². The number of fused-ring (bicyclic) bond motifs is 1. The number of halogens is 2. The van der Waals surface area contributed by atoms with Crippen molar-refractivity contribution in [3.63, 3.8) is 0 Å². The van der Waals surface area contributed by atoms with E-state index >= 15 is 0 Å². The van der Waals surface area contributed by atoms with E-state index in [0.29, 0.717) is 54.1 Å². The quantitative estimate of drug-likeness (QED) is 0.705. The Bertz CT molecular complexity index is 925. The van der Waals surface area contributed by atoms with Gasteiger partial charge >= 0.3 is 0 Å². The molecule has 7 heteroatoms. The molecule has 1 aliphatic heterocycles. The van der Waals surface area contributed by atoms with Crippen molar-refractivity contribution in [3.8, 4) is 17.6 Å². The van der Waals surface area contributed by atoms with Crippen LogP contribution in [-0.4, -0.2) is 26.2 Å². The fourth-order valence-electron chi connectivity index (χ4n) is 3.23. The molecule has 1 aliphatic rings. The summed E-state index contributed by atoms with van der Waals surface area (Å²) >= 11 is 0. The zero-order valence-corrected chi connectivity index (χ0v) is 15.5. The number of methoxy groups -OCH3 is 1. The Hall–Kier alpha value is -3.14. The third-order valence-electron chi connectivity index (χ3n) is 4.63. The van der Waals surface area contributed by atoms with Gasteiger partial charge in [0, 0.05) is 30.8 Å². The lowest BCUT2D eigenvalue weighted by molar-refractivity contribution is -0.118. The lowest BCUT2D eigenvalue weighted by Gasteiger charge is -2.29. The van der Waals surface area contributed by atoms with E-state index < -0.39 is 11.6 Å². The van der Waals surface area contributed by atoms with Crippen LogP contribution in [0.15, 0.2) is 30.3 Å². The predicted octanol–water partition coefficient (Wildman–Crippen LogP) is 3.98. The minimum atomic E-state index is -0.949. The first kappa shape index (κ1) is 19.6. The second-order valence-electron chi connectivity index (χ2n) is 6.47. The molecule has 0 fully saturated rings. The molecule has 1 heterocycles. The first-order valence-electron chi connectivity index (χ1n) is 9.02. The molecule has 146 valence electrons. The van der Waals surface area contributed by atoms with Crippen molar-refractivity contribution < 1.29 is 23.0 Å². The fourth-order valence-corrected chi connectivity index (χ4v) is 3.23. The molecule has 2 aromatic carbocycles. The molecule has 0 saturated heterocycles. The zero-order valence-electron chi connectivity index (χ0n) is 15.5. The summed E-state index contributed by atoms with van der Waals surface area (Å²) in [5.41, 5.74) is 1.56. The first-order chi connectivity index (χ1) is 13.5. The summed E-state index contributed by atoms with van der Waals surface area (Å²) in [6.45, 7) is 0.772. The van der Waals surface area contributed by atoms with Crippen LogP contribution >= 0.6 is 0 Å². The highest BCUT2D eigenvalue weighted by molar-refractivity contribution is 5.94. The van der Waals surface area contributed by atoms with Gasteiger partial charge in [-0.25, -0.2) is 8.78 Å². The van der Waals surface area contributed by atoms with E-state index in [1.54, 1.807) is 18.2 Å². The molecule has 0 atom stereocenters. The van der Waals surface area contributed by atoms with Crippen molar-refractivity contribution >= 4 is 11.6 Å². The summed E-state index contributed by atoms with van der Waals surface area (Å²) in [6.07, 6.45) is 2.01. The van der Waals surface area contributed by atoms with Crippen molar-refractivity contribution in [3.05, 3.63) is 53.1 Å². The predicted molar refractivity (Wildman–Crippen MR) is 99.5 cm³/mol. The molecule has 28 heavy (non-hydrogen) atoms. The van der Waals surface area contributed by atoms with E-state index in [4.69, 9.17) is 14.7 Å². The highest BCUT2D eigenvalue weighted by Crippen LogP contribution is 2.30. The van der Waals surface area contributed by atoms with Crippen LogP contribution in [0.4, 0.5) is 14.5 Å². The standard InChI is InChI=1S/C21H20F2N2O3/c1-27-20-10-14(13-24)6-7-19(20)28-9-3-5-21(26)25-8-2-4-15-11-16(22)17(23)12-18(15)25/h6-7,10-12H,2-5,8-9H2,1H3. The average molecular weight is 386 g/mol. The molecule has 0 bridgehead atoms. The van der Waals surface area contributed by atoms with E-state index in [2.05, 4.69) is 0 Å². The molecule has 0 spiro atoms. The fraction of sp³-hybridized carbons (Fsp3) is 0.333. The van der Waals surface area contributed by atoms with Crippen molar-refractivity contribution in [2.45, 2.75) is 25.7 Å². The largest absolute Gasteiger partial charge is 0.493 e. The van der Waals surface area contributed by atoms with Gasteiger partial charge in [0.15, 0.2) is 23.1 Å². The molecular formula is C21H20F2N2O3. The normalized spacial score (nSPS) is 12.9. The molecule has 0 N–H and O–H groups in total. The third kappa shape index (κ3) is 4.22. The smallest absolute Gasteiger partial charge is 0.227 e. The number of carbonyl (C=O) groups is 1. The van der Waals surface area contributed by atoms with E-state index in [1.807, 2.05) is 6.07 Å². The second kappa shape index (κ2) is 8.70. The Labute approximate surface area is 162 Å². The molecule has 0 aromatic heterocycles. The van der Waals surface area contributed by atoms with Crippen LogP contribution in [0.1, 0.15) is 30.4 Å². The minimum Gasteiger partial charge on any atom is -0.493 e. The monoisotopic (exact) mass is 386 g/mol. The van der Waals surface area contributed by atoms with Gasteiger partial charge in [0.1, 0.15) is 0 Å². The Kier molecular flexibility index (Phi) is 6.09. The van der Waals surface area contributed by atoms with Gasteiger partial charge in [0.05, 0.1) is 25.3 Å². The topological polar surface area (TPSA) is 62.6 Å². The summed E-state index contributed by atoms with van der Waals surface area (Å²) in [5.74, 6) is -1.04. The molecule has 0 aliphatic carbocycles. The molecule has 0 radical (unpaired) electrons. The minimum absolute atomic E-state index is 0.151. The van der Waals surface area contributed by atoms with Crippen LogP contribution < -0.4 is 14.4 Å². The van der Waals surface area contributed by atoms with Gasteiger partial charge in [0.25, 0.3) is 0 Å². The molecule has 5 nitrogen and oxygen atoms in total. The van der Waals surface area contributed by atoms with E-state index in [-0.39, 0.29) is 18.9 Å². The van der Waals surface area contributed by atoms with Crippen LogP contribution in [0.2, 0.25) is 0 Å². The Morgan fingerprint density at radius 1 is 1.21 bits per heavy atom. The molecular weight excluding hydrogens is 366 g/mol. The maximum Gasteiger partial charge on any atom is 0.227 e. The van der Waals surface area contributed by atoms with Crippen molar-refractivity contribution in [1.29, 1.82) is 5.26 Å². The number of aryl methyl sites for hydroxylation is 1. The van der Waals surface area contributed by atoms with Crippen molar-refractivity contribution in [2.75, 3.05) is 25.2 Å². The third-order valence-corrected chi connectivity index (χ3v) is 4.63. The van der Waals surface area contributed by atoms with E-state index in [9.17, 15) is 13.6 Å². The Balaban J connectivity index is 1.58. The van der Waals surface area contributed by atoms with Crippen LogP contribution in [0, 0.1) is 23.0 Å². The Morgan fingerprint density at radius 3 is 2.75 bits per heavy atom. The summed E-state index contributed by atoms with van der Waals surface area (Å²) < 4.78 is 37.9. The van der Waals surface area contributed by atoms with E-state index in [1.165, 1.54) is 18.1 Å². The maximum absolute atomic E-state index is 13.6. The van der Waals surface area contributed by atoms with E-state index in [0.717, 1.165) is 6.07 Å². The number of amides is 1. The Morgan fingerprint density at radius 2 is 2.00 bits per heavy atom. The van der Waals surface area contributed by atoms with Gasteiger partial charge in [-0.1, -0.05) is 0 Å². The molecule has 2 aromatic rings. The number of benzene rings is 2. The average Bonchev–Trinajstić information content (AvgIpc) is 2.71. The van der Waals surface area contributed by atoms with Gasteiger partial charge in [-0.2, -0.15) is 5.26 Å². The lowest BCUT2D eigenvalue weighted by Crippen LogP contribution is -2.35. The van der Waals surface area contributed by atoms with Gasteiger partial charge in [0.2, 0.25) is 5.91 Å². The second-order valence-corrected chi connectivity index (χ2v) is 6.47. The van der Waals surface area contributed by atoms with Gasteiger partial charge in [-0.15, -0.1) is 0 Å². The van der Waals surface area contributed by atoms with Crippen LogP contribution in [-0.2, 0) is 11.2 Å². The number of rotatable bonds is 6. The van der Waals surface area contributed by atoms with Gasteiger partial charge in [-0.3, -0.25) is 4.79 Å². The number of hydrogen-bond donors (Lipinski definition) is 0. The van der Waals surface area contributed by atoms with Crippen molar-refractivity contribution in [2.24, 2.45) is 0 Å². The maximum atomic E-state index is 13.6. The molecule has 3 rings (SSSR count). The number of ether oxygens (including phenoxy) is 2. The van der Waals surface area contributed by atoms with Crippen molar-refractivity contribution in [1.82, 2.24) is 0 Å². The SMILES string of the molecule is COc1cc(C#N)ccc1OCCCC(=O)N1CCCc2cc(F)c(F)cc21. The summed E-state index contributed by atoms with van der Waals surface area (Å²) in [7, 11) is 1.49. The molecule has 0 unspecified atom stereocenters. The number of anilines is 1. The van der Waals surface area contributed by atoms with Gasteiger partial charge < -0.3 is 14.4 Å².